The van der Waals surface area contributed by atoms with E-state index in [1.165, 1.54) is 6.42 Å². The van der Waals surface area contributed by atoms with Gasteiger partial charge < -0.3 is 20.9 Å². The van der Waals surface area contributed by atoms with Crippen molar-refractivity contribution in [1.82, 2.24) is 15.5 Å². The first-order chi connectivity index (χ1) is 13.9. The molecule has 0 aromatic heterocycles. The van der Waals surface area contributed by atoms with Crippen LogP contribution < -0.4 is 16.0 Å². The zero-order valence-corrected chi connectivity index (χ0v) is 22.0. The fourth-order valence-corrected chi connectivity index (χ4v) is 3.19. The Balaban J connectivity index is 0.00000841. The minimum atomic E-state index is 0. The van der Waals surface area contributed by atoms with Crippen molar-refractivity contribution in [2.45, 2.75) is 66.5 Å². The highest BCUT2D eigenvalue weighted by molar-refractivity contribution is 14.0. The van der Waals surface area contributed by atoms with Crippen molar-refractivity contribution >= 4 is 41.5 Å². The largest absolute Gasteiger partial charge is 0.354 e. The van der Waals surface area contributed by atoms with Gasteiger partial charge in [-0.3, -0.25) is 9.79 Å². The Morgan fingerprint density at radius 3 is 2.47 bits per heavy atom. The molecule has 3 N–H and O–H groups in total. The molecule has 0 fully saturated rings. The molecule has 1 unspecified atom stereocenters. The number of hydrogen-bond donors (Lipinski definition) is 3. The van der Waals surface area contributed by atoms with Crippen LogP contribution in [0.5, 0.6) is 0 Å². The molecule has 0 aliphatic carbocycles. The van der Waals surface area contributed by atoms with E-state index in [1.807, 2.05) is 38.1 Å². The number of amides is 1. The molecule has 1 amide bonds. The van der Waals surface area contributed by atoms with Crippen molar-refractivity contribution in [1.29, 1.82) is 0 Å². The van der Waals surface area contributed by atoms with E-state index in [9.17, 15) is 4.79 Å². The van der Waals surface area contributed by atoms with Crippen LogP contribution in [0, 0.1) is 5.92 Å². The zero-order chi connectivity index (χ0) is 21.6. The van der Waals surface area contributed by atoms with Crippen molar-refractivity contribution in [2.24, 2.45) is 10.9 Å². The summed E-state index contributed by atoms with van der Waals surface area (Å²) in [6.45, 7) is 14.7. The maximum absolute atomic E-state index is 12.0. The Morgan fingerprint density at radius 1 is 1.17 bits per heavy atom. The average Bonchev–Trinajstić information content (AvgIpc) is 2.68. The van der Waals surface area contributed by atoms with E-state index < -0.39 is 0 Å². The summed E-state index contributed by atoms with van der Waals surface area (Å²) in [4.78, 5) is 18.8. The molecule has 172 valence electrons. The number of anilines is 1. The Bertz CT molecular complexity index is 632. The van der Waals surface area contributed by atoms with E-state index in [-0.39, 0.29) is 29.9 Å². The molecule has 1 atom stereocenters. The summed E-state index contributed by atoms with van der Waals surface area (Å²) < 4.78 is 0. The zero-order valence-electron chi connectivity index (χ0n) is 19.6. The highest BCUT2D eigenvalue weighted by atomic mass is 127. The van der Waals surface area contributed by atoms with Crippen LogP contribution in [-0.2, 0) is 11.3 Å². The molecular formula is C23H42IN5O. The van der Waals surface area contributed by atoms with Crippen LogP contribution in [0.25, 0.3) is 0 Å². The smallest absolute Gasteiger partial charge is 0.224 e. The van der Waals surface area contributed by atoms with Crippen molar-refractivity contribution in [2.75, 3.05) is 32.0 Å². The number of carbonyl (C=O) groups excluding carboxylic acids is 1. The van der Waals surface area contributed by atoms with Gasteiger partial charge >= 0.3 is 0 Å². The van der Waals surface area contributed by atoms with Crippen LogP contribution in [0.3, 0.4) is 0 Å². The molecule has 1 aromatic carbocycles. The third-order valence-electron chi connectivity index (χ3n) is 4.88. The first kappa shape index (κ1) is 28.6. The molecule has 7 heteroatoms. The molecule has 1 aromatic rings. The lowest BCUT2D eigenvalue weighted by molar-refractivity contribution is -0.116. The quantitative estimate of drug-likeness (QED) is 0.212. The molecule has 0 radical (unpaired) electrons. The number of guanidine groups is 1. The van der Waals surface area contributed by atoms with Gasteiger partial charge in [-0.15, -0.1) is 24.0 Å². The maximum atomic E-state index is 12.0. The van der Waals surface area contributed by atoms with Crippen molar-refractivity contribution in [3.8, 4) is 0 Å². The lowest BCUT2D eigenvalue weighted by Gasteiger charge is -2.21. The van der Waals surface area contributed by atoms with Crippen LogP contribution in [-0.4, -0.2) is 49.5 Å². The fraction of sp³-hybridized carbons (Fsp3) is 0.652. The van der Waals surface area contributed by atoms with Crippen LogP contribution in [0.15, 0.2) is 29.3 Å². The van der Waals surface area contributed by atoms with Crippen LogP contribution in [0.4, 0.5) is 5.69 Å². The topological polar surface area (TPSA) is 68.8 Å². The number of aliphatic imine (C=N–C) groups is 1. The van der Waals surface area contributed by atoms with Gasteiger partial charge in [-0.1, -0.05) is 39.8 Å². The molecule has 0 saturated carbocycles. The van der Waals surface area contributed by atoms with Gasteiger partial charge in [0.1, 0.15) is 0 Å². The number of rotatable bonds is 12. The van der Waals surface area contributed by atoms with Crippen LogP contribution in [0.2, 0.25) is 0 Å². The lowest BCUT2D eigenvalue weighted by atomic mass is 10.1. The minimum Gasteiger partial charge on any atom is -0.354 e. The van der Waals surface area contributed by atoms with Gasteiger partial charge in [-0.05, 0) is 63.0 Å². The molecule has 0 aliphatic rings. The van der Waals surface area contributed by atoms with Gasteiger partial charge in [0.2, 0.25) is 5.91 Å². The lowest BCUT2D eigenvalue weighted by Crippen LogP contribution is -2.42. The third kappa shape index (κ3) is 12.4. The summed E-state index contributed by atoms with van der Waals surface area (Å²) in [7, 11) is 1.79. The summed E-state index contributed by atoms with van der Waals surface area (Å²) >= 11 is 0. The number of carbonyl (C=O) groups is 1. The summed E-state index contributed by atoms with van der Waals surface area (Å²) in [5.74, 6) is 1.21. The van der Waals surface area contributed by atoms with E-state index in [4.69, 9.17) is 0 Å². The molecule has 0 saturated heterocycles. The van der Waals surface area contributed by atoms with Gasteiger partial charge in [0.25, 0.3) is 0 Å². The van der Waals surface area contributed by atoms with E-state index in [0.717, 1.165) is 43.3 Å². The SMILES string of the molecule is CCN(CC)CCCC(C)NC(=NC)NCc1cccc(NC(=O)CC(C)C)c1.I. The number of hydrogen-bond acceptors (Lipinski definition) is 3. The number of halogens is 1. The maximum Gasteiger partial charge on any atom is 0.224 e. The normalized spacial score (nSPS) is 12.5. The Kier molecular flexibility index (Phi) is 15.6. The average molecular weight is 532 g/mol. The first-order valence-electron chi connectivity index (χ1n) is 11.0. The van der Waals surface area contributed by atoms with Gasteiger partial charge in [0.05, 0.1) is 0 Å². The Labute approximate surface area is 200 Å². The first-order valence-corrected chi connectivity index (χ1v) is 11.0. The molecule has 0 heterocycles. The van der Waals surface area contributed by atoms with Crippen LogP contribution >= 0.6 is 24.0 Å². The number of benzene rings is 1. The predicted molar refractivity (Wildman–Crippen MR) is 140 cm³/mol. The Morgan fingerprint density at radius 2 is 1.87 bits per heavy atom. The second-order valence-corrected chi connectivity index (χ2v) is 7.99. The van der Waals surface area contributed by atoms with Gasteiger partial charge in [0, 0.05) is 31.7 Å². The molecule has 6 nitrogen and oxygen atoms in total. The number of nitrogens with zero attached hydrogens (tertiary/aromatic N) is 2. The second-order valence-electron chi connectivity index (χ2n) is 7.99. The van der Waals surface area contributed by atoms with E-state index >= 15 is 0 Å². The van der Waals surface area contributed by atoms with E-state index in [2.05, 4.69) is 46.6 Å². The second kappa shape index (κ2) is 16.4. The fourth-order valence-electron chi connectivity index (χ4n) is 3.19. The molecule has 0 bridgehead atoms. The number of nitrogens with one attached hydrogen (secondary N) is 3. The molecule has 30 heavy (non-hydrogen) atoms. The molecule has 1 rings (SSSR count). The standard InChI is InChI=1S/C23H41N5O.HI/c1-7-28(8-2)14-10-11-19(5)26-23(24-6)25-17-20-12-9-13-21(16-20)27-22(29)15-18(3)4;/h9,12-13,16,18-19H,7-8,10-11,14-15,17H2,1-6H3,(H,27,29)(H2,24,25,26);1H. The van der Waals surface area contributed by atoms with Crippen molar-refractivity contribution in [3.05, 3.63) is 29.8 Å². The molecular weight excluding hydrogens is 489 g/mol. The summed E-state index contributed by atoms with van der Waals surface area (Å²) in [6.07, 6.45) is 2.81. The summed E-state index contributed by atoms with van der Waals surface area (Å²) in [6, 6.07) is 8.30. The summed E-state index contributed by atoms with van der Waals surface area (Å²) in [5.41, 5.74) is 1.94. The van der Waals surface area contributed by atoms with Gasteiger partial charge in [-0.2, -0.15) is 0 Å². The molecule has 0 spiro atoms. The predicted octanol–water partition coefficient (Wildman–Crippen LogP) is 4.46. The monoisotopic (exact) mass is 531 g/mol. The highest BCUT2D eigenvalue weighted by Gasteiger charge is 2.08. The van der Waals surface area contributed by atoms with E-state index in [1.54, 1.807) is 7.05 Å². The van der Waals surface area contributed by atoms with Gasteiger partial charge in [-0.25, -0.2) is 0 Å². The van der Waals surface area contributed by atoms with Crippen LogP contribution in [0.1, 0.15) is 59.4 Å². The summed E-state index contributed by atoms with van der Waals surface area (Å²) in [5, 5.41) is 9.81. The molecule has 0 aliphatic heterocycles. The van der Waals surface area contributed by atoms with E-state index in [0.29, 0.717) is 24.9 Å². The van der Waals surface area contributed by atoms with Gasteiger partial charge in [0.15, 0.2) is 5.96 Å². The highest BCUT2D eigenvalue weighted by Crippen LogP contribution is 2.12. The van der Waals surface area contributed by atoms with Crippen molar-refractivity contribution in [3.63, 3.8) is 0 Å². The third-order valence-corrected chi connectivity index (χ3v) is 4.88. The Hall–Kier alpha value is -1.35. The minimum absolute atomic E-state index is 0. The van der Waals surface area contributed by atoms with Crippen molar-refractivity contribution < 1.29 is 4.79 Å².